The third-order valence-corrected chi connectivity index (χ3v) is 2.23. The Balaban J connectivity index is 2.15. The first-order valence-corrected chi connectivity index (χ1v) is 4.78. The zero-order chi connectivity index (χ0) is 10.7. The number of carbonyl (C=O) groups excluding carboxylic acids is 1. The second-order valence-corrected chi connectivity index (χ2v) is 3.34. The van der Waals surface area contributed by atoms with E-state index in [1.54, 1.807) is 12.3 Å². The van der Waals surface area contributed by atoms with Crippen LogP contribution < -0.4 is 5.32 Å². The van der Waals surface area contributed by atoms with Gasteiger partial charge in [0.15, 0.2) is 0 Å². The normalized spacial score (nSPS) is 9.93. The van der Waals surface area contributed by atoms with Crippen molar-refractivity contribution in [2.75, 3.05) is 5.32 Å². The Morgan fingerprint density at radius 3 is 2.53 bits per heavy atom. The summed E-state index contributed by atoms with van der Waals surface area (Å²) in [5.41, 5.74) is 2.37. The number of nitrogens with one attached hydrogen (secondary N) is 2. The van der Waals surface area contributed by atoms with E-state index in [0.717, 1.165) is 11.4 Å². The van der Waals surface area contributed by atoms with Crippen molar-refractivity contribution in [2.24, 2.45) is 0 Å². The van der Waals surface area contributed by atoms with E-state index in [4.69, 9.17) is 0 Å². The van der Waals surface area contributed by atoms with Crippen molar-refractivity contribution < 1.29 is 4.79 Å². The Morgan fingerprint density at radius 1 is 1.20 bits per heavy atom. The summed E-state index contributed by atoms with van der Waals surface area (Å²) in [6.07, 6.45) is 1.76. The molecule has 1 amide bonds. The zero-order valence-electron chi connectivity index (χ0n) is 8.45. The second-order valence-electron chi connectivity index (χ2n) is 3.34. The van der Waals surface area contributed by atoms with Crippen molar-refractivity contribution in [1.82, 2.24) is 4.98 Å². The highest BCUT2D eigenvalue weighted by atomic mass is 16.1. The van der Waals surface area contributed by atoms with Crippen molar-refractivity contribution in [2.45, 2.75) is 6.92 Å². The van der Waals surface area contributed by atoms with Crippen molar-refractivity contribution in [3.8, 4) is 0 Å². The third-order valence-electron chi connectivity index (χ3n) is 2.23. The molecule has 0 atom stereocenters. The first-order chi connectivity index (χ1) is 7.27. The Hall–Kier alpha value is -2.03. The second kappa shape index (κ2) is 4.00. The number of carbonyl (C=O) groups is 1. The Morgan fingerprint density at radius 2 is 1.93 bits per heavy atom. The highest BCUT2D eigenvalue weighted by Crippen LogP contribution is 2.10. The molecule has 0 aliphatic heterocycles. The maximum Gasteiger partial charge on any atom is 0.257 e. The predicted molar refractivity (Wildman–Crippen MR) is 59.9 cm³/mol. The van der Waals surface area contributed by atoms with Crippen molar-refractivity contribution in [3.63, 3.8) is 0 Å². The average molecular weight is 200 g/mol. The average Bonchev–Trinajstić information content (AvgIpc) is 2.66. The number of benzene rings is 1. The number of aromatic nitrogens is 1. The minimum Gasteiger partial charge on any atom is -0.365 e. The zero-order valence-corrected chi connectivity index (χ0v) is 8.45. The molecule has 0 aliphatic carbocycles. The molecular formula is C12H12N2O. The number of para-hydroxylation sites is 1. The van der Waals surface area contributed by atoms with Gasteiger partial charge in [0.05, 0.1) is 5.56 Å². The lowest BCUT2D eigenvalue weighted by Crippen LogP contribution is -2.12. The van der Waals surface area contributed by atoms with Gasteiger partial charge in [0, 0.05) is 17.6 Å². The topological polar surface area (TPSA) is 44.9 Å². The monoisotopic (exact) mass is 200 g/mol. The van der Waals surface area contributed by atoms with Gasteiger partial charge in [-0.1, -0.05) is 18.2 Å². The molecule has 2 N–H and O–H groups in total. The van der Waals surface area contributed by atoms with Crippen LogP contribution in [0.1, 0.15) is 16.1 Å². The molecule has 1 aromatic carbocycles. The maximum absolute atomic E-state index is 11.8. The lowest BCUT2D eigenvalue weighted by molar-refractivity contribution is 0.102. The van der Waals surface area contributed by atoms with Gasteiger partial charge < -0.3 is 10.3 Å². The van der Waals surface area contributed by atoms with Gasteiger partial charge in [0.25, 0.3) is 5.91 Å². The van der Waals surface area contributed by atoms with Crippen LogP contribution >= 0.6 is 0 Å². The summed E-state index contributed by atoms with van der Waals surface area (Å²) in [5.74, 6) is -0.0834. The van der Waals surface area contributed by atoms with Gasteiger partial charge in [0.2, 0.25) is 0 Å². The number of aryl methyl sites for hydroxylation is 1. The minimum absolute atomic E-state index is 0.0834. The predicted octanol–water partition coefficient (Wildman–Crippen LogP) is 2.58. The van der Waals surface area contributed by atoms with Crippen LogP contribution in [0.5, 0.6) is 0 Å². The molecule has 0 saturated carbocycles. The molecule has 3 heteroatoms. The van der Waals surface area contributed by atoms with Crippen LogP contribution in [0.15, 0.2) is 42.6 Å². The lowest BCUT2D eigenvalue weighted by Gasteiger charge is -2.03. The van der Waals surface area contributed by atoms with Crippen molar-refractivity contribution >= 4 is 11.6 Å². The van der Waals surface area contributed by atoms with Crippen LogP contribution in [0.2, 0.25) is 0 Å². The number of aromatic amines is 1. The van der Waals surface area contributed by atoms with E-state index in [1.165, 1.54) is 0 Å². The molecule has 2 aromatic rings. The molecule has 0 aliphatic rings. The molecule has 1 aromatic heterocycles. The molecule has 76 valence electrons. The number of rotatable bonds is 2. The quantitative estimate of drug-likeness (QED) is 0.768. The molecule has 0 radical (unpaired) electrons. The molecule has 1 heterocycles. The standard InChI is InChI=1S/C12H12N2O/c1-9-11(7-8-13-9)12(15)14-10-5-3-2-4-6-10/h2-8,13H,1H3,(H,14,15). The largest absolute Gasteiger partial charge is 0.365 e. The van der Waals surface area contributed by atoms with Crippen molar-refractivity contribution in [3.05, 3.63) is 53.9 Å². The Kier molecular flexibility index (Phi) is 2.54. The molecule has 15 heavy (non-hydrogen) atoms. The van der Waals surface area contributed by atoms with Gasteiger partial charge in [-0.25, -0.2) is 0 Å². The van der Waals surface area contributed by atoms with Crippen molar-refractivity contribution in [1.29, 1.82) is 0 Å². The maximum atomic E-state index is 11.8. The highest BCUT2D eigenvalue weighted by molar-refractivity contribution is 6.05. The fourth-order valence-corrected chi connectivity index (χ4v) is 1.42. The lowest BCUT2D eigenvalue weighted by atomic mass is 10.2. The van der Waals surface area contributed by atoms with Crippen LogP contribution in [0.4, 0.5) is 5.69 Å². The summed E-state index contributed by atoms with van der Waals surface area (Å²) in [6, 6.07) is 11.2. The number of hydrogen-bond donors (Lipinski definition) is 2. The van der Waals surface area contributed by atoms with E-state index in [9.17, 15) is 4.79 Å². The van der Waals surface area contributed by atoms with Gasteiger partial charge >= 0.3 is 0 Å². The minimum atomic E-state index is -0.0834. The fourth-order valence-electron chi connectivity index (χ4n) is 1.42. The van der Waals surface area contributed by atoms with E-state index >= 15 is 0 Å². The van der Waals surface area contributed by atoms with E-state index in [-0.39, 0.29) is 5.91 Å². The Bertz CT molecular complexity index is 459. The van der Waals surface area contributed by atoms with Crippen LogP contribution in [0.3, 0.4) is 0 Å². The molecule has 0 spiro atoms. The molecule has 2 rings (SSSR count). The number of amides is 1. The van der Waals surface area contributed by atoms with E-state index in [0.29, 0.717) is 5.56 Å². The van der Waals surface area contributed by atoms with Crippen LogP contribution in [-0.2, 0) is 0 Å². The summed E-state index contributed by atoms with van der Waals surface area (Å²) in [5, 5.41) is 2.83. The van der Waals surface area contributed by atoms with Gasteiger partial charge in [0.1, 0.15) is 0 Å². The molecule has 0 bridgehead atoms. The van der Waals surface area contributed by atoms with Crippen LogP contribution in [-0.4, -0.2) is 10.9 Å². The Labute approximate surface area is 88.1 Å². The van der Waals surface area contributed by atoms with Crippen LogP contribution in [0, 0.1) is 6.92 Å². The SMILES string of the molecule is Cc1[nH]ccc1C(=O)Nc1ccccc1. The molecule has 0 fully saturated rings. The van der Waals surface area contributed by atoms with Gasteiger partial charge in [-0.2, -0.15) is 0 Å². The van der Waals surface area contributed by atoms with E-state index < -0.39 is 0 Å². The molecule has 0 unspecified atom stereocenters. The van der Waals surface area contributed by atoms with Gasteiger partial charge in [-0.05, 0) is 25.1 Å². The molecular weight excluding hydrogens is 188 g/mol. The van der Waals surface area contributed by atoms with E-state index in [1.807, 2.05) is 37.3 Å². The number of hydrogen-bond acceptors (Lipinski definition) is 1. The highest BCUT2D eigenvalue weighted by Gasteiger charge is 2.08. The summed E-state index contributed by atoms with van der Waals surface area (Å²) >= 11 is 0. The van der Waals surface area contributed by atoms with Gasteiger partial charge in [-0.15, -0.1) is 0 Å². The first kappa shape index (κ1) is 9.52. The summed E-state index contributed by atoms with van der Waals surface area (Å²) in [6.45, 7) is 1.87. The molecule has 3 nitrogen and oxygen atoms in total. The summed E-state index contributed by atoms with van der Waals surface area (Å²) in [4.78, 5) is 14.7. The van der Waals surface area contributed by atoms with E-state index in [2.05, 4.69) is 10.3 Å². The molecule has 0 saturated heterocycles. The summed E-state index contributed by atoms with van der Waals surface area (Å²) < 4.78 is 0. The van der Waals surface area contributed by atoms with Gasteiger partial charge in [-0.3, -0.25) is 4.79 Å². The smallest absolute Gasteiger partial charge is 0.257 e. The summed E-state index contributed by atoms with van der Waals surface area (Å²) in [7, 11) is 0. The third kappa shape index (κ3) is 2.07. The number of anilines is 1. The number of H-pyrrole nitrogens is 1. The fraction of sp³-hybridized carbons (Fsp3) is 0.0833. The van der Waals surface area contributed by atoms with Crippen LogP contribution in [0.25, 0.3) is 0 Å². The first-order valence-electron chi connectivity index (χ1n) is 4.78.